The van der Waals surface area contributed by atoms with Crippen molar-refractivity contribution in [3.05, 3.63) is 71.0 Å². The summed E-state index contributed by atoms with van der Waals surface area (Å²) in [6.45, 7) is 5.46. The molecule has 0 aliphatic carbocycles. The Kier molecular flexibility index (Phi) is 5.26. The highest BCUT2D eigenvalue weighted by molar-refractivity contribution is 5.84. The zero-order valence-corrected chi connectivity index (χ0v) is 15.9. The summed E-state index contributed by atoms with van der Waals surface area (Å²) < 4.78 is 13.1. The lowest BCUT2D eigenvalue weighted by molar-refractivity contribution is -0.133. The van der Waals surface area contributed by atoms with E-state index in [9.17, 15) is 9.18 Å². The average Bonchev–Trinajstić information content (AvgIpc) is 3.05. The predicted molar refractivity (Wildman–Crippen MR) is 105 cm³/mol. The van der Waals surface area contributed by atoms with Crippen LogP contribution >= 0.6 is 0 Å². The van der Waals surface area contributed by atoms with Crippen LogP contribution in [0.5, 0.6) is 0 Å². The topological polar surface area (TPSA) is 23.6 Å². The molecule has 0 bridgehead atoms. The second-order valence-corrected chi connectivity index (χ2v) is 7.91. The van der Waals surface area contributed by atoms with Gasteiger partial charge in [-0.3, -0.25) is 9.69 Å². The molecule has 1 amide bonds. The van der Waals surface area contributed by atoms with Crippen molar-refractivity contribution < 1.29 is 9.18 Å². The van der Waals surface area contributed by atoms with Crippen molar-refractivity contribution >= 4 is 5.91 Å². The average molecular weight is 366 g/mol. The molecular formula is C23H27FN2O. The molecule has 2 saturated heterocycles. The lowest BCUT2D eigenvalue weighted by Gasteiger charge is -2.35. The van der Waals surface area contributed by atoms with Crippen molar-refractivity contribution in [2.45, 2.75) is 44.7 Å². The minimum absolute atomic E-state index is 0.0180. The van der Waals surface area contributed by atoms with E-state index in [0.717, 1.165) is 44.5 Å². The minimum Gasteiger partial charge on any atom is -0.337 e. The van der Waals surface area contributed by atoms with Gasteiger partial charge in [-0.1, -0.05) is 42.0 Å². The number of halogens is 1. The second kappa shape index (κ2) is 7.81. The summed E-state index contributed by atoms with van der Waals surface area (Å²) in [5, 5.41) is 0. The van der Waals surface area contributed by atoms with E-state index in [-0.39, 0.29) is 17.8 Å². The molecule has 0 unspecified atom stereocenters. The summed E-state index contributed by atoms with van der Waals surface area (Å²) in [6, 6.07) is 15.4. The number of hydrogen-bond acceptors (Lipinski definition) is 2. The van der Waals surface area contributed by atoms with Gasteiger partial charge in [-0.2, -0.15) is 0 Å². The van der Waals surface area contributed by atoms with E-state index in [4.69, 9.17) is 0 Å². The van der Waals surface area contributed by atoms with Gasteiger partial charge in [0, 0.05) is 13.1 Å². The van der Waals surface area contributed by atoms with E-state index in [1.54, 1.807) is 12.1 Å². The highest BCUT2D eigenvalue weighted by atomic mass is 19.1. The summed E-state index contributed by atoms with van der Waals surface area (Å²) in [6.07, 6.45) is 3.13. The van der Waals surface area contributed by atoms with Gasteiger partial charge < -0.3 is 4.90 Å². The molecule has 0 spiro atoms. The Labute approximate surface area is 160 Å². The van der Waals surface area contributed by atoms with Gasteiger partial charge in [-0.25, -0.2) is 4.39 Å². The number of nitrogens with zero attached hydrogens (tertiary/aromatic N) is 2. The maximum Gasteiger partial charge on any atom is 0.240 e. The van der Waals surface area contributed by atoms with Gasteiger partial charge in [0.05, 0.1) is 6.04 Å². The Hall–Kier alpha value is -2.20. The zero-order valence-electron chi connectivity index (χ0n) is 15.9. The first kappa shape index (κ1) is 18.2. The fraction of sp³-hybridized carbons (Fsp3) is 0.435. The number of carbonyl (C=O) groups excluding carboxylic acids is 1. The first-order valence-electron chi connectivity index (χ1n) is 9.94. The third-order valence-corrected chi connectivity index (χ3v) is 6.07. The van der Waals surface area contributed by atoms with Crippen LogP contribution in [0.2, 0.25) is 0 Å². The van der Waals surface area contributed by atoms with Crippen LogP contribution in [0.3, 0.4) is 0 Å². The molecule has 1 atom stereocenters. The first-order chi connectivity index (χ1) is 13.1. The lowest BCUT2D eigenvalue weighted by Crippen LogP contribution is -2.45. The number of rotatable bonds is 4. The normalized spacial score (nSPS) is 21.8. The smallest absolute Gasteiger partial charge is 0.240 e. The number of aryl methyl sites for hydroxylation is 1. The highest BCUT2D eigenvalue weighted by Gasteiger charge is 2.37. The van der Waals surface area contributed by atoms with E-state index < -0.39 is 0 Å². The summed E-state index contributed by atoms with van der Waals surface area (Å²) in [4.78, 5) is 17.2. The number of piperidine rings is 1. The Morgan fingerprint density at radius 1 is 0.926 bits per heavy atom. The molecule has 27 heavy (non-hydrogen) atoms. The Morgan fingerprint density at radius 2 is 1.59 bits per heavy atom. The maximum absolute atomic E-state index is 13.1. The summed E-state index contributed by atoms with van der Waals surface area (Å²) >= 11 is 0. The van der Waals surface area contributed by atoms with E-state index in [0.29, 0.717) is 12.5 Å². The van der Waals surface area contributed by atoms with Gasteiger partial charge in [0.25, 0.3) is 0 Å². The molecule has 2 aromatic rings. The molecule has 2 heterocycles. The molecule has 142 valence electrons. The number of amides is 1. The lowest BCUT2D eigenvalue weighted by atomic mass is 9.88. The zero-order chi connectivity index (χ0) is 18.8. The second-order valence-electron chi connectivity index (χ2n) is 7.91. The van der Waals surface area contributed by atoms with Crippen molar-refractivity contribution in [2.75, 3.05) is 19.6 Å². The largest absolute Gasteiger partial charge is 0.337 e. The molecule has 0 aromatic heterocycles. The van der Waals surface area contributed by atoms with Crippen molar-refractivity contribution in [1.82, 2.24) is 9.80 Å². The van der Waals surface area contributed by atoms with Crippen LogP contribution in [-0.4, -0.2) is 41.4 Å². The monoisotopic (exact) mass is 366 g/mol. The number of benzene rings is 2. The van der Waals surface area contributed by atoms with Gasteiger partial charge in [-0.15, -0.1) is 0 Å². The van der Waals surface area contributed by atoms with E-state index in [2.05, 4.69) is 36.1 Å². The number of likely N-dealkylation sites (tertiary alicyclic amines) is 2. The minimum atomic E-state index is -0.235. The third kappa shape index (κ3) is 4.06. The van der Waals surface area contributed by atoms with Gasteiger partial charge in [0.2, 0.25) is 5.91 Å². The fourth-order valence-electron chi connectivity index (χ4n) is 4.41. The van der Waals surface area contributed by atoms with Crippen LogP contribution in [0.4, 0.5) is 4.39 Å². The van der Waals surface area contributed by atoms with Crippen molar-refractivity contribution in [3.63, 3.8) is 0 Å². The molecule has 2 aliphatic rings. The van der Waals surface area contributed by atoms with Crippen LogP contribution in [-0.2, 0) is 11.3 Å². The standard InChI is InChI=1S/C23H27FN2O/c1-17-2-6-19(7-3-17)20-10-13-25(14-11-20)22-12-15-26(23(22)27)16-18-4-8-21(24)9-5-18/h2-9,20,22H,10-16H2,1H3/t22-/m1/s1. The van der Waals surface area contributed by atoms with Gasteiger partial charge in [-0.05, 0) is 68.5 Å². The third-order valence-electron chi connectivity index (χ3n) is 6.07. The summed E-state index contributed by atoms with van der Waals surface area (Å²) in [7, 11) is 0. The Morgan fingerprint density at radius 3 is 2.26 bits per heavy atom. The summed E-state index contributed by atoms with van der Waals surface area (Å²) in [5.41, 5.74) is 3.72. The molecule has 2 aromatic carbocycles. The quantitative estimate of drug-likeness (QED) is 0.813. The van der Waals surface area contributed by atoms with E-state index >= 15 is 0 Å². The first-order valence-corrected chi connectivity index (χ1v) is 9.94. The Balaban J connectivity index is 1.33. The number of carbonyl (C=O) groups is 1. The van der Waals surface area contributed by atoms with Crippen LogP contribution in [0.1, 0.15) is 41.9 Å². The van der Waals surface area contributed by atoms with Crippen LogP contribution in [0, 0.1) is 12.7 Å². The molecule has 3 nitrogen and oxygen atoms in total. The summed E-state index contributed by atoms with van der Waals surface area (Å²) in [5.74, 6) is 0.600. The molecule has 4 heteroatoms. The number of hydrogen-bond donors (Lipinski definition) is 0. The Bertz CT molecular complexity index is 779. The van der Waals surface area contributed by atoms with Crippen molar-refractivity contribution in [1.29, 1.82) is 0 Å². The van der Waals surface area contributed by atoms with Gasteiger partial charge >= 0.3 is 0 Å². The van der Waals surface area contributed by atoms with Gasteiger partial charge in [0.15, 0.2) is 0 Å². The predicted octanol–water partition coefficient (Wildman–Crippen LogP) is 4.11. The van der Waals surface area contributed by atoms with E-state index in [1.165, 1.54) is 23.3 Å². The fourth-order valence-corrected chi connectivity index (χ4v) is 4.41. The molecular weight excluding hydrogens is 339 g/mol. The molecule has 4 rings (SSSR count). The molecule has 0 radical (unpaired) electrons. The van der Waals surface area contributed by atoms with Crippen LogP contribution < -0.4 is 0 Å². The molecule has 2 fully saturated rings. The van der Waals surface area contributed by atoms with Crippen LogP contribution in [0.15, 0.2) is 48.5 Å². The van der Waals surface area contributed by atoms with E-state index in [1.807, 2.05) is 4.90 Å². The maximum atomic E-state index is 13.1. The van der Waals surface area contributed by atoms with Crippen molar-refractivity contribution in [2.24, 2.45) is 0 Å². The SMILES string of the molecule is Cc1ccc(C2CCN([C@@H]3CCN(Cc4ccc(F)cc4)C3=O)CC2)cc1. The molecule has 0 N–H and O–H groups in total. The highest BCUT2D eigenvalue weighted by Crippen LogP contribution is 2.31. The molecule has 0 saturated carbocycles. The van der Waals surface area contributed by atoms with Crippen LogP contribution in [0.25, 0.3) is 0 Å². The van der Waals surface area contributed by atoms with Crippen molar-refractivity contribution in [3.8, 4) is 0 Å². The molecule has 2 aliphatic heterocycles. The van der Waals surface area contributed by atoms with Gasteiger partial charge in [0.1, 0.15) is 5.82 Å².